The number of likely N-dealkylation sites (N-methyl/N-ethyl adjacent to an activating group) is 1. The summed E-state index contributed by atoms with van der Waals surface area (Å²) in [6, 6.07) is 0.487. The van der Waals surface area contributed by atoms with E-state index < -0.39 is 144 Å². The van der Waals surface area contributed by atoms with Crippen LogP contribution in [0.5, 0.6) is 5.75 Å². The van der Waals surface area contributed by atoms with Crippen LogP contribution in [0.15, 0.2) is 28.7 Å². The van der Waals surface area contributed by atoms with E-state index in [2.05, 4.69) is 10.6 Å². The summed E-state index contributed by atoms with van der Waals surface area (Å²) in [7, 11) is 6.62. The number of nitrogens with zero attached hydrogens (tertiary/aromatic N) is 2. The fourth-order valence-corrected chi connectivity index (χ4v) is 8.90. The quantitative estimate of drug-likeness (QED) is 0.0772. The number of Topliss-reactive ketones (excluding diaryl/α,β-unsaturated/α-hetero) is 2. The fourth-order valence-electron chi connectivity index (χ4n) is 8.90. The van der Waals surface area contributed by atoms with Gasteiger partial charge < -0.3 is 96.8 Å². The number of anilines is 2. The number of phenols is 1. The summed E-state index contributed by atoms with van der Waals surface area (Å²) in [4.78, 5) is 55.6. The number of rotatable bonds is 10. The first-order chi connectivity index (χ1) is 30.1. The molecule has 0 radical (unpaired) electrons. The molecule has 24 nitrogen and oxygen atoms in total. The molecule has 0 unspecified atom stereocenters. The summed E-state index contributed by atoms with van der Waals surface area (Å²) in [6.07, 6.45) is -15.5. The Morgan fingerprint density at radius 2 is 1.52 bits per heavy atom. The van der Waals surface area contributed by atoms with Crippen molar-refractivity contribution in [3.05, 3.63) is 39.9 Å². The van der Waals surface area contributed by atoms with Crippen LogP contribution < -0.4 is 21.3 Å². The summed E-state index contributed by atoms with van der Waals surface area (Å²) in [5.74, 6) is -7.79. The number of hydrogen-bond acceptors (Lipinski definition) is 22. The van der Waals surface area contributed by atoms with Crippen LogP contribution in [0.3, 0.4) is 0 Å². The van der Waals surface area contributed by atoms with E-state index in [0.29, 0.717) is 11.3 Å². The molecule has 0 bridgehead atoms. The summed E-state index contributed by atoms with van der Waals surface area (Å²) in [6.45, 7) is 4.26. The van der Waals surface area contributed by atoms with Crippen molar-refractivity contribution in [2.75, 3.05) is 58.2 Å². The van der Waals surface area contributed by atoms with Crippen LogP contribution >= 0.6 is 0 Å². The second kappa shape index (κ2) is 19.5. The molecule has 2 heterocycles. The third-order valence-electron chi connectivity index (χ3n) is 12.2. The van der Waals surface area contributed by atoms with Crippen molar-refractivity contribution in [2.24, 2.45) is 17.6 Å². The molecule has 364 valence electrons. The molecule has 2 amide bonds. The third kappa shape index (κ3) is 9.60. The summed E-state index contributed by atoms with van der Waals surface area (Å²) < 4.78 is 15.3. The molecule has 0 aromatic heterocycles. The van der Waals surface area contributed by atoms with Crippen LogP contribution in [0.1, 0.15) is 43.1 Å². The first-order valence-corrected chi connectivity index (χ1v) is 20.7. The second-order valence-corrected chi connectivity index (χ2v) is 18.2. The van der Waals surface area contributed by atoms with E-state index in [9.17, 15) is 75.3 Å². The van der Waals surface area contributed by atoms with Gasteiger partial charge in [-0.15, -0.1) is 0 Å². The number of aliphatic hydroxyl groups excluding tert-OH is 10. The molecule has 1 aromatic rings. The Kier molecular flexibility index (Phi) is 15.4. The lowest BCUT2D eigenvalue weighted by Gasteiger charge is -2.50. The molecule has 6 rings (SSSR count). The van der Waals surface area contributed by atoms with Gasteiger partial charge >= 0.3 is 0 Å². The van der Waals surface area contributed by atoms with Gasteiger partial charge in [0.15, 0.2) is 29.7 Å². The van der Waals surface area contributed by atoms with Gasteiger partial charge in [-0.25, -0.2) is 0 Å². The van der Waals surface area contributed by atoms with Gasteiger partial charge in [0.2, 0.25) is 11.7 Å². The molecule has 2 aliphatic heterocycles. The number of nitrogens with two attached hydrogens (primary N) is 1. The summed E-state index contributed by atoms with van der Waals surface area (Å²) >= 11 is 0. The molecule has 1 aromatic carbocycles. The van der Waals surface area contributed by atoms with Crippen LogP contribution in [0.25, 0.3) is 0 Å². The van der Waals surface area contributed by atoms with Gasteiger partial charge in [0, 0.05) is 36.8 Å². The van der Waals surface area contributed by atoms with E-state index in [-0.39, 0.29) is 41.7 Å². The third-order valence-corrected chi connectivity index (χ3v) is 12.2. The zero-order chi connectivity index (χ0) is 48.9. The van der Waals surface area contributed by atoms with Gasteiger partial charge in [0.05, 0.1) is 37.1 Å². The standard InChI is InChI=1S/C29H39N5O8.C12H22O11/c1-28(2,3)31-11-17(35)32-15-10-16(33(4)5)13-8-12-9-14-21(34(6)7)24(38)20(27(30)41)26(40)29(14,42)25(39)18(12)23(37)19(13)22(15)36;13-1-3-5(15)6(16)9(19)12(22-3)23-10-4(2-14)21-11(20)8(18)7(10)17/h10,12,14,21,31,36,38-39,42H,8-9,11H2,1-7H3,(H2,30,41)(H,32,35);3-20H,1-2H2/t12-,14-,21-,29-;3-,4-,5+,6+,7-,8-,9-,10-,11-,12+/m01/s1. The van der Waals surface area contributed by atoms with Crippen molar-refractivity contribution in [3.8, 4) is 5.75 Å². The second-order valence-electron chi connectivity index (χ2n) is 18.2. The van der Waals surface area contributed by atoms with Crippen LogP contribution in [0.2, 0.25) is 0 Å². The minimum absolute atomic E-state index is 0.0175. The summed E-state index contributed by atoms with van der Waals surface area (Å²) in [5.41, 5.74) is 1.96. The average Bonchev–Trinajstić information content (AvgIpc) is 3.22. The number of carbonyl (C=O) groups excluding carboxylic acids is 4. The molecular weight excluding hydrogens is 866 g/mol. The minimum Gasteiger partial charge on any atom is -0.510 e. The Labute approximate surface area is 372 Å². The number of amides is 2. The van der Waals surface area contributed by atoms with E-state index in [1.807, 2.05) is 20.8 Å². The minimum atomic E-state index is -2.73. The van der Waals surface area contributed by atoms with Crippen molar-refractivity contribution >= 4 is 34.8 Å². The number of nitrogens with one attached hydrogen (secondary N) is 2. The number of fused-ring (bicyclic) bond motifs is 3. The normalized spacial score (nSPS) is 34.9. The average molecular weight is 928 g/mol. The topological polar surface area (TPSA) is 395 Å². The zero-order valence-corrected chi connectivity index (χ0v) is 36.8. The van der Waals surface area contributed by atoms with E-state index in [4.69, 9.17) is 25.1 Å². The number of allylic oxidation sites excluding steroid dienone is 1. The molecule has 3 aliphatic carbocycles. The number of phenolic OH excluding ortho intramolecular Hbond substituents is 1. The molecule has 24 heteroatoms. The maximum Gasteiger partial charge on any atom is 0.255 e. The van der Waals surface area contributed by atoms with Crippen LogP contribution in [0, 0.1) is 11.8 Å². The van der Waals surface area contributed by atoms with Crippen LogP contribution in [0.4, 0.5) is 11.4 Å². The molecule has 14 atom stereocenters. The van der Waals surface area contributed by atoms with E-state index in [1.165, 1.54) is 4.90 Å². The highest BCUT2D eigenvalue weighted by Gasteiger charge is 2.63. The molecule has 0 spiro atoms. The van der Waals surface area contributed by atoms with Crippen LogP contribution in [-0.4, -0.2) is 216 Å². The smallest absolute Gasteiger partial charge is 0.255 e. The molecule has 0 saturated carbocycles. The van der Waals surface area contributed by atoms with Crippen molar-refractivity contribution in [1.82, 2.24) is 10.2 Å². The summed E-state index contributed by atoms with van der Waals surface area (Å²) in [5, 5.41) is 128. The lowest BCUT2D eigenvalue weighted by atomic mass is 9.58. The zero-order valence-electron chi connectivity index (χ0n) is 36.8. The Balaban J connectivity index is 0.000000291. The lowest BCUT2D eigenvalue weighted by Crippen LogP contribution is -2.64. The van der Waals surface area contributed by atoms with Gasteiger partial charge in [-0.05, 0) is 65.3 Å². The number of ketones is 2. The molecule has 2 saturated heterocycles. The lowest BCUT2D eigenvalue weighted by molar-refractivity contribution is -0.355. The van der Waals surface area contributed by atoms with Gasteiger partial charge in [0.1, 0.15) is 65.9 Å². The monoisotopic (exact) mass is 927 g/mol. The molecule has 5 aliphatic rings. The first kappa shape index (κ1) is 51.6. The highest BCUT2D eigenvalue weighted by molar-refractivity contribution is 6.25. The Hall–Kier alpha value is -4.38. The molecular formula is C41H61N5O19. The molecule has 2 fully saturated rings. The largest absolute Gasteiger partial charge is 0.510 e. The predicted octanol–water partition coefficient (Wildman–Crippen LogP) is -4.88. The number of carbonyl (C=O) groups is 4. The van der Waals surface area contributed by atoms with Crippen molar-refractivity contribution < 1.29 is 94.7 Å². The fraction of sp³-hybridized carbons (Fsp3) is 0.659. The Morgan fingerprint density at radius 3 is 2.06 bits per heavy atom. The maximum atomic E-state index is 14.1. The van der Waals surface area contributed by atoms with Gasteiger partial charge in [-0.2, -0.15) is 0 Å². The number of primary amides is 1. The van der Waals surface area contributed by atoms with E-state index in [1.54, 1.807) is 39.2 Å². The SMILES string of the molecule is CN(C)c1cc(NC(=O)CNC(C)(C)C)c(O)c2c1C[C@H]1C[C@H]3[C@H](N(C)C)C(O)=C(C(N)=O)C(=O)[C@@]3(O)C(O)=C1C2=O.OC[C@H]1O[C@@H](O[C@H]2[C@H](O)[C@@H](O)[C@H](O)O[C@@H]2CO)[C@H](O)[C@@H](O)[C@H]1O. The van der Waals surface area contributed by atoms with Crippen molar-refractivity contribution in [2.45, 2.75) is 112 Å². The van der Waals surface area contributed by atoms with E-state index in [0.717, 1.165) is 0 Å². The Bertz CT molecular complexity index is 2070. The van der Waals surface area contributed by atoms with Crippen molar-refractivity contribution in [3.63, 3.8) is 0 Å². The molecule has 16 N–H and O–H groups in total. The number of aromatic hydroxyl groups is 1. The predicted molar refractivity (Wildman–Crippen MR) is 223 cm³/mol. The Morgan fingerprint density at radius 1 is 0.908 bits per heavy atom. The maximum absolute atomic E-state index is 14.1. The number of benzene rings is 1. The van der Waals surface area contributed by atoms with Crippen molar-refractivity contribution in [1.29, 1.82) is 0 Å². The van der Waals surface area contributed by atoms with Gasteiger partial charge in [-0.3, -0.25) is 24.1 Å². The van der Waals surface area contributed by atoms with Crippen LogP contribution in [-0.2, 0) is 35.0 Å². The number of aliphatic hydroxyl groups is 11. The van der Waals surface area contributed by atoms with Gasteiger partial charge in [0.25, 0.3) is 5.91 Å². The highest BCUT2D eigenvalue weighted by atomic mass is 16.7. The van der Waals surface area contributed by atoms with Gasteiger partial charge in [-0.1, -0.05) is 0 Å². The highest BCUT2D eigenvalue weighted by Crippen LogP contribution is 2.54. The molecule has 65 heavy (non-hydrogen) atoms. The number of hydrogen-bond donors (Lipinski definition) is 15. The van der Waals surface area contributed by atoms with E-state index >= 15 is 0 Å². The first-order valence-electron chi connectivity index (χ1n) is 20.7. The number of ether oxygens (including phenoxy) is 3.